The van der Waals surface area contributed by atoms with Crippen molar-refractivity contribution in [3.05, 3.63) is 64.7 Å². The Bertz CT molecular complexity index is 863. The number of amides is 1. The first-order valence-corrected chi connectivity index (χ1v) is 10.6. The van der Waals surface area contributed by atoms with Crippen LogP contribution in [0.15, 0.2) is 53.4 Å². The Hall–Kier alpha value is -1.89. The lowest BCUT2D eigenvalue weighted by atomic mass is 10.1. The Morgan fingerprint density at radius 2 is 1.67 bits per heavy atom. The van der Waals surface area contributed by atoms with E-state index in [0.29, 0.717) is 23.0 Å². The number of hydrogen-bond donors (Lipinski definition) is 1. The summed E-state index contributed by atoms with van der Waals surface area (Å²) in [5.41, 5.74) is 1.36. The van der Waals surface area contributed by atoms with Gasteiger partial charge in [0.1, 0.15) is 0 Å². The van der Waals surface area contributed by atoms with Crippen LogP contribution in [-0.4, -0.2) is 32.2 Å². The van der Waals surface area contributed by atoms with Crippen LogP contribution in [0.2, 0.25) is 5.02 Å². The maximum Gasteiger partial charge on any atom is 0.251 e. The molecule has 0 aromatic heterocycles. The molecule has 0 atom stereocenters. The molecule has 0 bridgehead atoms. The SMILES string of the molecule is CC(C)CCNC(=O)c1ccc(CN(C)S(=O)(=O)c2ccc(Cl)cc2)cc1. The number of benzene rings is 2. The smallest absolute Gasteiger partial charge is 0.251 e. The summed E-state index contributed by atoms with van der Waals surface area (Å²) >= 11 is 5.82. The number of nitrogens with one attached hydrogen (secondary N) is 1. The number of carbonyl (C=O) groups is 1. The Morgan fingerprint density at radius 1 is 1.07 bits per heavy atom. The van der Waals surface area contributed by atoms with Crippen molar-refractivity contribution in [3.8, 4) is 0 Å². The molecule has 5 nitrogen and oxygen atoms in total. The minimum Gasteiger partial charge on any atom is -0.352 e. The molecule has 2 aromatic rings. The van der Waals surface area contributed by atoms with Gasteiger partial charge in [-0.1, -0.05) is 37.6 Å². The molecule has 146 valence electrons. The summed E-state index contributed by atoms with van der Waals surface area (Å²) in [7, 11) is -2.08. The molecule has 27 heavy (non-hydrogen) atoms. The van der Waals surface area contributed by atoms with Gasteiger partial charge < -0.3 is 5.32 Å². The molecule has 2 aromatic carbocycles. The molecule has 2 rings (SSSR count). The molecular formula is C20H25ClN2O3S. The number of carbonyl (C=O) groups excluding carboxylic acids is 1. The first kappa shape index (κ1) is 21.4. The van der Waals surface area contributed by atoms with Gasteiger partial charge in [-0.05, 0) is 54.3 Å². The van der Waals surface area contributed by atoms with Gasteiger partial charge in [-0.15, -0.1) is 0 Å². The first-order valence-electron chi connectivity index (χ1n) is 8.79. The highest BCUT2D eigenvalue weighted by atomic mass is 35.5. The summed E-state index contributed by atoms with van der Waals surface area (Å²) in [5.74, 6) is 0.412. The zero-order chi connectivity index (χ0) is 20.0. The van der Waals surface area contributed by atoms with Gasteiger partial charge in [0.15, 0.2) is 0 Å². The number of sulfonamides is 1. The third-order valence-corrected chi connectivity index (χ3v) is 6.22. The van der Waals surface area contributed by atoms with E-state index in [1.165, 1.54) is 23.5 Å². The van der Waals surface area contributed by atoms with E-state index in [0.717, 1.165) is 12.0 Å². The first-order chi connectivity index (χ1) is 12.7. The lowest BCUT2D eigenvalue weighted by Crippen LogP contribution is -2.27. The van der Waals surface area contributed by atoms with E-state index in [4.69, 9.17) is 11.6 Å². The average Bonchev–Trinajstić information content (AvgIpc) is 2.62. The zero-order valence-corrected chi connectivity index (χ0v) is 17.3. The fraction of sp³-hybridized carbons (Fsp3) is 0.350. The molecule has 0 aliphatic carbocycles. The molecular weight excluding hydrogens is 384 g/mol. The van der Waals surface area contributed by atoms with Crippen molar-refractivity contribution in [1.29, 1.82) is 0 Å². The van der Waals surface area contributed by atoms with Crippen molar-refractivity contribution in [1.82, 2.24) is 9.62 Å². The normalized spacial score (nSPS) is 11.8. The minimum atomic E-state index is -3.61. The standard InChI is InChI=1S/C20H25ClN2O3S/c1-15(2)12-13-22-20(24)17-6-4-16(5-7-17)14-23(3)27(25,26)19-10-8-18(21)9-11-19/h4-11,15H,12-14H2,1-3H3,(H,22,24). The van der Waals surface area contributed by atoms with Crippen LogP contribution in [0.5, 0.6) is 0 Å². The number of hydrogen-bond acceptors (Lipinski definition) is 3. The van der Waals surface area contributed by atoms with Crippen LogP contribution in [-0.2, 0) is 16.6 Å². The third-order valence-electron chi connectivity index (χ3n) is 4.15. The van der Waals surface area contributed by atoms with Crippen LogP contribution in [0, 0.1) is 5.92 Å². The maximum atomic E-state index is 12.6. The second-order valence-corrected chi connectivity index (χ2v) is 9.33. The van der Waals surface area contributed by atoms with Crippen molar-refractivity contribution in [2.24, 2.45) is 5.92 Å². The monoisotopic (exact) mass is 408 g/mol. The Labute approximate surface area is 166 Å². The minimum absolute atomic E-state index is 0.121. The lowest BCUT2D eigenvalue weighted by Gasteiger charge is -2.17. The number of nitrogens with zero attached hydrogens (tertiary/aromatic N) is 1. The third kappa shape index (κ3) is 6.06. The molecule has 0 unspecified atom stereocenters. The second kappa shape index (κ2) is 9.35. The molecule has 0 radical (unpaired) electrons. The molecule has 0 fully saturated rings. The highest BCUT2D eigenvalue weighted by Gasteiger charge is 2.20. The molecule has 0 aliphatic rings. The molecule has 0 heterocycles. The highest BCUT2D eigenvalue weighted by Crippen LogP contribution is 2.19. The van der Waals surface area contributed by atoms with Crippen LogP contribution >= 0.6 is 11.6 Å². The summed E-state index contributed by atoms with van der Waals surface area (Å²) < 4.78 is 26.5. The van der Waals surface area contributed by atoms with Gasteiger partial charge in [0.05, 0.1) is 4.90 Å². The van der Waals surface area contributed by atoms with Crippen LogP contribution in [0.4, 0.5) is 0 Å². The predicted molar refractivity (Wildman–Crippen MR) is 108 cm³/mol. The van der Waals surface area contributed by atoms with E-state index in [9.17, 15) is 13.2 Å². The van der Waals surface area contributed by atoms with E-state index < -0.39 is 10.0 Å². The zero-order valence-electron chi connectivity index (χ0n) is 15.8. The van der Waals surface area contributed by atoms with Gasteiger partial charge in [0.25, 0.3) is 5.91 Å². The van der Waals surface area contributed by atoms with Crippen molar-refractivity contribution >= 4 is 27.5 Å². The Balaban J connectivity index is 2.01. The van der Waals surface area contributed by atoms with Crippen LogP contribution in [0.25, 0.3) is 0 Å². The molecule has 1 N–H and O–H groups in total. The van der Waals surface area contributed by atoms with E-state index in [2.05, 4.69) is 19.2 Å². The van der Waals surface area contributed by atoms with Gasteiger partial charge >= 0.3 is 0 Å². The van der Waals surface area contributed by atoms with Crippen LogP contribution in [0.1, 0.15) is 36.2 Å². The number of rotatable bonds is 8. The molecule has 1 amide bonds. The summed E-state index contributed by atoms with van der Waals surface area (Å²) in [6.07, 6.45) is 0.928. The molecule has 0 aliphatic heterocycles. The van der Waals surface area contributed by atoms with E-state index in [1.807, 2.05) is 0 Å². The van der Waals surface area contributed by atoms with Gasteiger partial charge in [-0.25, -0.2) is 8.42 Å². The summed E-state index contributed by atoms with van der Waals surface area (Å²) in [5, 5.41) is 3.37. The molecule has 7 heteroatoms. The van der Waals surface area contributed by atoms with Gasteiger partial charge in [-0.2, -0.15) is 4.31 Å². The van der Waals surface area contributed by atoms with Crippen LogP contribution in [0.3, 0.4) is 0 Å². The van der Waals surface area contributed by atoms with Gasteiger partial charge in [-0.3, -0.25) is 4.79 Å². The van der Waals surface area contributed by atoms with Crippen molar-refractivity contribution in [3.63, 3.8) is 0 Å². The Kier molecular flexibility index (Phi) is 7.41. The molecule has 0 spiro atoms. The summed E-state index contributed by atoms with van der Waals surface area (Å²) in [6, 6.07) is 13.0. The quantitative estimate of drug-likeness (QED) is 0.719. The number of halogens is 1. The summed E-state index contributed by atoms with van der Waals surface area (Å²) in [6.45, 7) is 5.06. The predicted octanol–water partition coefficient (Wildman–Crippen LogP) is 3.94. The van der Waals surface area contributed by atoms with Crippen molar-refractivity contribution in [2.45, 2.75) is 31.7 Å². The largest absolute Gasteiger partial charge is 0.352 e. The lowest BCUT2D eigenvalue weighted by molar-refractivity contribution is 0.0952. The fourth-order valence-electron chi connectivity index (χ4n) is 2.47. The van der Waals surface area contributed by atoms with Crippen molar-refractivity contribution < 1.29 is 13.2 Å². The topological polar surface area (TPSA) is 66.5 Å². The van der Waals surface area contributed by atoms with Gasteiger partial charge in [0, 0.05) is 30.7 Å². The molecule has 0 saturated carbocycles. The molecule has 0 saturated heterocycles. The average molecular weight is 409 g/mol. The van der Waals surface area contributed by atoms with E-state index in [-0.39, 0.29) is 17.3 Å². The Morgan fingerprint density at radius 3 is 2.22 bits per heavy atom. The fourth-order valence-corrected chi connectivity index (χ4v) is 3.75. The van der Waals surface area contributed by atoms with E-state index in [1.54, 1.807) is 36.4 Å². The maximum absolute atomic E-state index is 12.6. The highest BCUT2D eigenvalue weighted by molar-refractivity contribution is 7.89. The van der Waals surface area contributed by atoms with Gasteiger partial charge in [0.2, 0.25) is 10.0 Å². The van der Waals surface area contributed by atoms with E-state index >= 15 is 0 Å². The van der Waals surface area contributed by atoms with Crippen LogP contribution < -0.4 is 5.32 Å². The van der Waals surface area contributed by atoms with Crippen molar-refractivity contribution in [2.75, 3.05) is 13.6 Å². The summed E-state index contributed by atoms with van der Waals surface area (Å²) in [4.78, 5) is 12.3. The second-order valence-electron chi connectivity index (χ2n) is 6.85.